The van der Waals surface area contributed by atoms with Crippen LogP contribution in [0.5, 0.6) is 0 Å². The average Bonchev–Trinajstić information content (AvgIpc) is 2.87. The van der Waals surface area contributed by atoms with Gasteiger partial charge in [0, 0.05) is 51.5 Å². The largest absolute Gasteiger partial charge is 0.461 e. The molecule has 0 unspecified atom stereocenters. The smallest absolute Gasteiger partial charge is 0.293 e. The maximum absolute atomic E-state index is 14.7. The second-order valence-electron chi connectivity index (χ2n) is 6.86. The highest BCUT2D eigenvalue weighted by Crippen LogP contribution is 2.28. The first kappa shape index (κ1) is 19.8. The third-order valence-corrected chi connectivity index (χ3v) is 5.12. The molecule has 150 valence electrons. The van der Waals surface area contributed by atoms with E-state index < -0.39 is 17.7 Å². The number of benzene rings is 1. The van der Waals surface area contributed by atoms with Crippen LogP contribution in [0, 0.1) is 11.6 Å². The van der Waals surface area contributed by atoms with E-state index in [9.17, 15) is 13.6 Å². The maximum Gasteiger partial charge on any atom is 0.293 e. The number of nitrogens with zero attached hydrogens (tertiary/aromatic N) is 3. The van der Waals surface area contributed by atoms with Gasteiger partial charge >= 0.3 is 0 Å². The number of ether oxygens (including phenoxy) is 1. The molecule has 2 fully saturated rings. The zero-order valence-electron chi connectivity index (χ0n) is 15.4. The molecule has 2 aliphatic heterocycles. The SMILES string of the molecule is NC[C@@H](CNc1cc(F)c(N2CCN3CCCCN3CC2)c(F)c1)OC=O. The third-order valence-electron chi connectivity index (χ3n) is 5.12. The van der Waals surface area contributed by atoms with E-state index >= 15 is 0 Å². The molecule has 0 amide bonds. The molecule has 2 saturated heterocycles. The Labute approximate surface area is 158 Å². The number of halogens is 2. The van der Waals surface area contributed by atoms with Gasteiger partial charge in [-0.3, -0.25) is 4.79 Å². The predicted molar refractivity (Wildman–Crippen MR) is 99.4 cm³/mol. The normalized spacial score (nSPS) is 19.9. The van der Waals surface area contributed by atoms with Crippen LogP contribution in [-0.2, 0) is 9.53 Å². The predicted octanol–water partition coefficient (Wildman–Crippen LogP) is 1.01. The molecule has 1 aromatic rings. The number of nitrogens with one attached hydrogen (secondary N) is 1. The Kier molecular flexibility index (Phi) is 6.81. The van der Waals surface area contributed by atoms with Gasteiger partial charge in [0.1, 0.15) is 11.8 Å². The van der Waals surface area contributed by atoms with Crippen LogP contribution in [0.4, 0.5) is 20.2 Å². The van der Waals surface area contributed by atoms with Crippen molar-refractivity contribution in [1.82, 2.24) is 10.0 Å². The van der Waals surface area contributed by atoms with Crippen molar-refractivity contribution in [3.8, 4) is 0 Å². The Morgan fingerprint density at radius 3 is 2.19 bits per heavy atom. The summed E-state index contributed by atoms with van der Waals surface area (Å²) in [7, 11) is 0. The molecule has 3 rings (SSSR count). The van der Waals surface area contributed by atoms with Crippen LogP contribution in [0.15, 0.2) is 12.1 Å². The molecule has 27 heavy (non-hydrogen) atoms. The number of nitrogens with two attached hydrogens (primary N) is 1. The lowest BCUT2D eigenvalue weighted by Crippen LogP contribution is -2.47. The molecule has 1 aromatic carbocycles. The Morgan fingerprint density at radius 2 is 1.67 bits per heavy atom. The van der Waals surface area contributed by atoms with Crippen molar-refractivity contribution in [3.63, 3.8) is 0 Å². The number of fused-ring (bicyclic) bond motifs is 1. The highest BCUT2D eigenvalue weighted by molar-refractivity contribution is 5.58. The van der Waals surface area contributed by atoms with Crippen molar-refractivity contribution in [2.45, 2.75) is 18.9 Å². The van der Waals surface area contributed by atoms with Gasteiger partial charge in [-0.2, -0.15) is 0 Å². The lowest BCUT2D eigenvalue weighted by molar-refractivity contribution is -0.132. The Bertz CT molecular complexity index is 609. The second kappa shape index (κ2) is 9.29. The Balaban J connectivity index is 1.68. The molecule has 7 nitrogen and oxygen atoms in total. The third kappa shape index (κ3) is 4.85. The summed E-state index contributed by atoms with van der Waals surface area (Å²) in [5, 5.41) is 7.44. The van der Waals surface area contributed by atoms with E-state index in [4.69, 9.17) is 10.5 Å². The summed E-state index contributed by atoms with van der Waals surface area (Å²) < 4.78 is 34.2. The fraction of sp³-hybridized carbons (Fsp3) is 0.611. The molecule has 1 atom stereocenters. The van der Waals surface area contributed by atoms with Crippen LogP contribution in [0.25, 0.3) is 0 Å². The minimum Gasteiger partial charge on any atom is -0.461 e. The summed E-state index contributed by atoms with van der Waals surface area (Å²) in [5.41, 5.74) is 5.79. The van der Waals surface area contributed by atoms with Crippen molar-refractivity contribution in [3.05, 3.63) is 23.8 Å². The van der Waals surface area contributed by atoms with Gasteiger partial charge in [-0.05, 0) is 25.0 Å². The minimum atomic E-state index is -0.604. The van der Waals surface area contributed by atoms with Gasteiger partial charge in [-0.1, -0.05) is 0 Å². The second-order valence-corrected chi connectivity index (χ2v) is 6.86. The molecule has 2 aliphatic rings. The van der Waals surface area contributed by atoms with E-state index in [0.717, 1.165) is 39.0 Å². The molecule has 0 aliphatic carbocycles. The summed E-state index contributed by atoms with van der Waals surface area (Å²) in [6.07, 6.45) is 1.78. The van der Waals surface area contributed by atoms with Crippen molar-refractivity contribution in [2.75, 3.05) is 62.6 Å². The first-order valence-corrected chi connectivity index (χ1v) is 9.39. The monoisotopic (exact) mass is 383 g/mol. The first-order valence-electron chi connectivity index (χ1n) is 9.39. The van der Waals surface area contributed by atoms with Crippen LogP contribution in [0.2, 0.25) is 0 Å². The van der Waals surface area contributed by atoms with Gasteiger partial charge in [0.05, 0.1) is 6.54 Å². The van der Waals surface area contributed by atoms with E-state index in [1.54, 1.807) is 4.90 Å². The van der Waals surface area contributed by atoms with Crippen molar-refractivity contribution in [1.29, 1.82) is 0 Å². The molecule has 0 spiro atoms. The van der Waals surface area contributed by atoms with Crippen LogP contribution in [-0.4, -0.2) is 75.0 Å². The highest BCUT2D eigenvalue weighted by atomic mass is 19.1. The molecule has 0 radical (unpaired) electrons. The van der Waals surface area contributed by atoms with E-state index in [1.807, 2.05) is 0 Å². The fourth-order valence-electron chi connectivity index (χ4n) is 3.65. The number of carbonyl (C=O) groups is 1. The molecular formula is C18H27F2N5O2. The van der Waals surface area contributed by atoms with Crippen LogP contribution in [0.1, 0.15) is 12.8 Å². The van der Waals surface area contributed by atoms with E-state index in [0.29, 0.717) is 19.6 Å². The van der Waals surface area contributed by atoms with E-state index in [-0.39, 0.29) is 24.5 Å². The standard InChI is InChI=1S/C18H27F2N5O2/c19-16-9-14(22-12-15(11-21)27-13-26)10-17(20)18(16)23-5-7-24-3-1-2-4-25(24)8-6-23/h9-10,13,15,22H,1-8,11-12,21H2/t15-/m0/s1. The molecule has 0 saturated carbocycles. The summed E-state index contributed by atoms with van der Waals surface area (Å²) in [6, 6.07) is 2.54. The molecule has 0 aromatic heterocycles. The van der Waals surface area contributed by atoms with Gasteiger partial charge in [0.2, 0.25) is 0 Å². The van der Waals surface area contributed by atoms with Crippen molar-refractivity contribution >= 4 is 17.8 Å². The molecular weight excluding hydrogens is 356 g/mol. The lowest BCUT2D eigenvalue weighted by atomic mass is 10.2. The number of anilines is 2. The molecule has 0 bridgehead atoms. The van der Waals surface area contributed by atoms with E-state index in [1.165, 1.54) is 12.1 Å². The van der Waals surface area contributed by atoms with Gasteiger partial charge < -0.3 is 20.7 Å². The fourth-order valence-corrected chi connectivity index (χ4v) is 3.65. The zero-order valence-corrected chi connectivity index (χ0v) is 15.4. The van der Waals surface area contributed by atoms with Crippen LogP contribution >= 0.6 is 0 Å². The van der Waals surface area contributed by atoms with Gasteiger partial charge in [0.15, 0.2) is 11.6 Å². The Morgan fingerprint density at radius 1 is 1.07 bits per heavy atom. The summed E-state index contributed by atoms with van der Waals surface area (Å²) in [5.74, 6) is -1.21. The van der Waals surface area contributed by atoms with Crippen molar-refractivity contribution in [2.24, 2.45) is 5.73 Å². The number of hydrogen-bond acceptors (Lipinski definition) is 7. The van der Waals surface area contributed by atoms with Gasteiger partial charge in [-0.25, -0.2) is 18.8 Å². The van der Waals surface area contributed by atoms with Crippen LogP contribution in [0.3, 0.4) is 0 Å². The number of rotatable bonds is 7. The average molecular weight is 383 g/mol. The molecule has 9 heteroatoms. The number of carbonyl (C=O) groups excluding carboxylic acids is 1. The lowest BCUT2D eigenvalue weighted by Gasteiger charge is -2.36. The van der Waals surface area contributed by atoms with Crippen molar-refractivity contribution < 1.29 is 18.3 Å². The van der Waals surface area contributed by atoms with Gasteiger partial charge in [-0.15, -0.1) is 0 Å². The number of hydrazine groups is 1. The van der Waals surface area contributed by atoms with E-state index in [2.05, 4.69) is 15.3 Å². The Hall–Kier alpha value is -1.97. The summed E-state index contributed by atoms with van der Waals surface area (Å²) in [6.45, 7) is 5.32. The van der Waals surface area contributed by atoms with Crippen LogP contribution < -0.4 is 16.0 Å². The topological polar surface area (TPSA) is 74.1 Å². The highest BCUT2D eigenvalue weighted by Gasteiger charge is 2.27. The van der Waals surface area contributed by atoms with Gasteiger partial charge in [0.25, 0.3) is 6.47 Å². The first-order chi connectivity index (χ1) is 13.1. The quantitative estimate of drug-likeness (QED) is 0.681. The molecule has 3 N–H and O–H groups in total. The summed E-state index contributed by atoms with van der Waals surface area (Å²) >= 11 is 0. The summed E-state index contributed by atoms with van der Waals surface area (Å²) in [4.78, 5) is 12.2. The number of hydrogen-bond donors (Lipinski definition) is 2. The zero-order chi connectivity index (χ0) is 19.2. The molecule has 2 heterocycles. The maximum atomic E-state index is 14.7. The minimum absolute atomic E-state index is 0.0149.